The molecule has 1 aliphatic carbocycles. The van der Waals surface area contributed by atoms with Crippen molar-refractivity contribution >= 4 is 17.5 Å². The van der Waals surface area contributed by atoms with Crippen molar-refractivity contribution in [3.8, 4) is 0 Å². The summed E-state index contributed by atoms with van der Waals surface area (Å²) in [7, 11) is 0. The smallest absolute Gasteiger partial charge is 0.240 e. The van der Waals surface area contributed by atoms with Gasteiger partial charge < -0.3 is 16.4 Å². The highest BCUT2D eigenvalue weighted by molar-refractivity contribution is 5.92. The number of amides is 2. The van der Waals surface area contributed by atoms with Crippen LogP contribution in [-0.4, -0.2) is 17.4 Å². The lowest BCUT2D eigenvalue weighted by atomic mass is 9.98. The van der Waals surface area contributed by atoms with Crippen LogP contribution in [0.5, 0.6) is 0 Å². The Morgan fingerprint density at radius 1 is 1.18 bits per heavy atom. The van der Waals surface area contributed by atoms with Gasteiger partial charge in [0.1, 0.15) is 0 Å². The van der Waals surface area contributed by atoms with Gasteiger partial charge in [0.2, 0.25) is 11.8 Å². The Balaban J connectivity index is 1.86. The summed E-state index contributed by atoms with van der Waals surface area (Å²) in [6.45, 7) is 4.16. The van der Waals surface area contributed by atoms with Crippen molar-refractivity contribution in [2.75, 3.05) is 5.32 Å². The van der Waals surface area contributed by atoms with E-state index in [1.54, 1.807) is 0 Å². The minimum Gasteiger partial charge on any atom is -0.350 e. The third kappa shape index (κ3) is 4.07. The highest BCUT2D eigenvalue weighted by atomic mass is 16.2. The Bertz CT molecular complexity index is 531. The second-order valence-corrected chi connectivity index (χ2v) is 6.39. The Morgan fingerprint density at radius 3 is 2.32 bits per heavy atom. The van der Waals surface area contributed by atoms with Crippen LogP contribution in [0.4, 0.5) is 5.69 Å². The van der Waals surface area contributed by atoms with Crippen molar-refractivity contribution in [1.29, 1.82) is 0 Å². The molecule has 0 atom stereocenters. The SMILES string of the molecule is CC(C)C(=O)Nc1ccc(CNC(=O)C2(N)CCCC2)cc1. The van der Waals surface area contributed by atoms with E-state index in [0.717, 1.165) is 36.9 Å². The molecule has 0 radical (unpaired) electrons. The molecule has 0 unspecified atom stereocenters. The van der Waals surface area contributed by atoms with Gasteiger partial charge in [-0.2, -0.15) is 0 Å². The first-order chi connectivity index (χ1) is 10.4. The number of benzene rings is 1. The molecule has 4 N–H and O–H groups in total. The van der Waals surface area contributed by atoms with Crippen LogP contribution in [0.1, 0.15) is 45.1 Å². The Morgan fingerprint density at radius 2 is 1.77 bits per heavy atom. The van der Waals surface area contributed by atoms with E-state index in [0.29, 0.717) is 6.54 Å². The molecule has 1 aromatic rings. The fraction of sp³-hybridized carbons (Fsp3) is 0.529. The maximum Gasteiger partial charge on any atom is 0.240 e. The van der Waals surface area contributed by atoms with Gasteiger partial charge in [-0.05, 0) is 30.5 Å². The molecule has 1 fully saturated rings. The maximum atomic E-state index is 12.1. The van der Waals surface area contributed by atoms with Crippen LogP contribution in [0, 0.1) is 5.92 Å². The number of carbonyl (C=O) groups is 2. The fourth-order valence-corrected chi connectivity index (χ4v) is 2.58. The van der Waals surface area contributed by atoms with E-state index >= 15 is 0 Å². The van der Waals surface area contributed by atoms with Crippen molar-refractivity contribution in [1.82, 2.24) is 5.32 Å². The Hall–Kier alpha value is -1.88. The molecule has 5 nitrogen and oxygen atoms in total. The Kier molecular flexibility index (Phi) is 5.19. The van der Waals surface area contributed by atoms with E-state index in [4.69, 9.17) is 5.73 Å². The molecule has 1 aromatic carbocycles. The molecule has 0 aromatic heterocycles. The third-order valence-corrected chi connectivity index (χ3v) is 4.15. The lowest BCUT2D eigenvalue weighted by Gasteiger charge is -2.22. The lowest BCUT2D eigenvalue weighted by Crippen LogP contribution is -2.51. The normalized spacial score (nSPS) is 16.5. The average Bonchev–Trinajstić information content (AvgIpc) is 2.94. The standard InChI is InChI=1S/C17H25N3O2/c1-12(2)15(21)20-14-7-5-13(6-8-14)11-19-16(22)17(18)9-3-4-10-17/h5-8,12H,3-4,9-11,18H2,1-2H3,(H,19,22)(H,20,21). The second-order valence-electron chi connectivity index (χ2n) is 6.39. The van der Waals surface area contributed by atoms with Crippen molar-refractivity contribution < 1.29 is 9.59 Å². The highest BCUT2D eigenvalue weighted by Crippen LogP contribution is 2.27. The van der Waals surface area contributed by atoms with Crippen LogP contribution in [0.2, 0.25) is 0 Å². The highest BCUT2D eigenvalue weighted by Gasteiger charge is 2.36. The van der Waals surface area contributed by atoms with Gasteiger partial charge in [-0.1, -0.05) is 38.8 Å². The summed E-state index contributed by atoms with van der Waals surface area (Å²) < 4.78 is 0. The summed E-state index contributed by atoms with van der Waals surface area (Å²) in [4.78, 5) is 23.7. The molecule has 5 heteroatoms. The minimum absolute atomic E-state index is 0.00707. The molecule has 2 amide bonds. The van der Waals surface area contributed by atoms with Crippen LogP contribution in [0.15, 0.2) is 24.3 Å². The van der Waals surface area contributed by atoms with Gasteiger partial charge in [0.05, 0.1) is 5.54 Å². The van der Waals surface area contributed by atoms with Gasteiger partial charge in [-0.25, -0.2) is 0 Å². The molecule has 0 heterocycles. The summed E-state index contributed by atoms with van der Waals surface area (Å²) >= 11 is 0. The van der Waals surface area contributed by atoms with Crippen LogP contribution < -0.4 is 16.4 Å². The van der Waals surface area contributed by atoms with Crippen molar-refractivity contribution in [3.05, 3.63) is 29.8 Å². The zero-order valence-corrected chi connectivity index (χ0v) is 13.3. The first-order valence-corrected chi connectivity index (χ1v) is 7.88. The predicted octanol–water partition coefficient (Wildman–Crippen LogP) is 2.17. The molecule has 22 heavy (non-hydrogen) atoms. The van der Waals surface area contributed by atoms with E-state index in [9.17, 15) is 9.59 Å². The number of nitrogens with one attached hydrogen (secondary N) is 2. The molecule has 0 aliphatic heterocycles. The molecule has 2 rings (SSSR count). The van der Waals surface area contributed by atoms with E-state index in [-0.39, 0.29) is 17.7 Å². The third-order valence-electron chi connectivity index (χ3n) is 4.15. The van der Waals surface area contributed by atoms with E-state index < -0.39 is 5.54 Å². The number of carbonyl (C=O) groups excluding carboxylic acids is 2. The molecular weight excluding hydrogens is 278 g/mol. The molecule has 1 aliphatic rings. The minimum atomic E-state index is -0.689. The van der Waals surface area contributed by atoms with Crippen LogP contribution in [0.25, 0.3) is 0 Å². The molecule has 1 saturated carbocycles. The summed E-state index contributed by atoms with van der Waals surface area (Å²) in [5.74, 6) is -0.124. The van der Waals surface area contributed by atoms with Gasteiger partial charge in [0.15, 0.2) is 0 Å². The first-order valence-electron chi connectivity index (χ1n) is 7.88. The van der Waals surface area contributed by atoms with E-state index in [1.807, 2.05) is 38.1 Å². The topological polar surface area (TPSA) is 84.2 Å². The molecule has 0 saturated heterocycles. The maximum absolute atomic E-state index is 12.1. The lowest BCUT2D eigenvalue weighted by molar-refractivity contribution is -0.126. The van der Waals surface area contributed by atoms with E-state index in [1.165, 1.54) is 0 Å². The van der Waals surface area contributed by atoms with Crippen molar-refractivity contribution in [2.45, 2.75) is 51.6 Å². The zero-order valence-electron chi connectivity index (χ0n) is 13.3. The number of nitrogens with two attached hydrogens (primary N) is 1. The fourth-order valence-electron chi connectivity index (χ4n) is 2.58. The van der Waals surface area contributed by atoms with Crippen LogP contribution >= 0.6 is 0 Å². The molecular formula is C17H25N3O2. The summed E-state index contributed by atoms with van der Waals surface area (Å²) in [5.41, 5.74) is 7.17. The zero-order chi connectivity index (χ0) is 16.2. The first kappa shape index (κ1) is 16.5. The van der Waals surface area contributed by atoms with Gasteiger partial charge in [0.25, 0.3) is 0 Å². The Labute approximate surface area is 131 Å². The summed E-state index contributed by atoms with van der Waals surface area (Å²) in [5, 5.41) is 5.75. The number of hydrogen-bond donors (Lipinski definition) is 3. The second kappa shape index (κ2) is 6.92. The summed E-state index contributed by atoms with van der Waals surface area (Å²) in [6, 6.07) is 7.48. The quantitative estimate of drug-likeness (QED) is 0.779. The monoisotopic (exact) mass is 303 g/mol. The number of rotatable bonds is 5. The molecule has 0 bridgehead atoms. The van der Waals surface area contributed by atoms with Crippen LogP contribution in [0.3, 0.4) is 0 Å². The predicted molar refractivity (Wildman–Crippen MR) is 87.1 cm³/mol. The van der Waals surface area contributed by atoms with E-state index in [2.05, 4.69) is 10.6 Å². The van der Waals surface area contributed by atoms with Crippen LogP contribution in [-0.2, 0) is 16.1 Å². The van der Waals surface area contributed by atoms with Gasteiger partial charge in [-0.3, -0.25) is 9.59 Å². The molecule has 0 spiro atoms. The number of anilines is 1. The van der Waals surface area contributed by atoms with Crippen molar-refractivity contribution in [2.24, 2.45) is 11.7 Å². The van der Waals surface area contributed by atoms with Gasteiger partial charge in [0, 0.05) is 18.2 Å². The average molecular weight is 303 g/mol. The van der Waals surface area contributed by atoms with Crippen molar-refractivity contribution in [3.63, 3.8) is 0 Å². The van der Waals surface area contributed by atoms with Gasteiger partial charge >= 0.3 is 0 Å². The largest absolute Gasteiger partial charge is 0.350 e. The number of hydrogen-bond acceptors (Lipinski definition) is 3. The molecule has 120 valence electrons. The summed E-state index contributed by atoms with van der Waals surface area (Å²) in [6.07, 6.45) is 3.57. The van der Waals surface area contributed by atoms with Gasteiger partial charge in [-0.15, -0.1) is 0 Å².